The van der Waals surface area contributed by atoms with Crippen LogP contribution in [0.1, 0.15) is 57.6 Å². The van der Waals surface area contributed by atoms with Crippen LogP contribution in [0, 0.1) is 11.8 Å². The highest BCUT2D eigenvalue weighted by Gasteiger charge is 2.38. The smallest absolute Gasteiger partial charge is 0.0770 e. The second-order valence-electron chi connectivity index (χ2n) is 10.3. The average molecular weight is 435 g/mol. The molecule has 2 heterocycles. The van der Waals surface area contributed by atoms with Crippen molar-refractivity contribution in [2.75, 3.05) is 0 Å². The highest BCUT2D eigenvalue weighted by molar-refractivity contribution is 5.55. The number of allylic oxidation sites excluding steroid dienone is 8. The molecule has 0 saturated carbocycles. The van der Waals surface area contributed by atoms with E-state index in [-0.39, 0.29) is 6.04 Å². The molecule has 2 heteroatoms. The van der Waals surface area contributed by atoms with Crippen molar-refractivity contribution in [2.24, 2.45) is 11.8 Å². The Balaban J connectivity index is 1.35. The molecule has 0 amide bonds. The molecule has 0 spiro atoms. The van der Waals surface area contributed by atoms with Crippen LogP contribution in [-0.4, -0.2) is 6.04 Å². The first-order chi connectivity index (χ1) is 16.2. The molecule has 2 nitrogen and oxygen atoms in total. The minimum absolute atomic E-state index is 0.260. The van der Waals surface area contributed by atoms with Gasteiger partial charge in [0, 0.05) is 23.2 Å². The molecule has 33 heavy (non-hydrogen) atoms. The fraction of sp³-hybridized carbons (Fsp3) is 0.355. The largest absolute Gasteiger partial charge is 0.381 e. The summed E-state index contributed by atoms with van der Waals surface area (Å²) in [6, 6.07) is 11.5. The molecule has 0 saturated heterocycles. The fourth-order valence-corrected chi connectivity index (χ4v) is 6.27. The lowest BCUT2D eigenvalue weighted by Crippen LogP contribution is -2.30. The second-order valence-corrected chi connectivity index (χ2v) is 10.3. The van der Waals surface area contributed by atoms with Gasteiger partial charge in [-0.05, 0) is 74.3 Å². The van der Waals surface area contributed by atoms with Crippen LogP contribution in [0.3, 0.4) is 0 Å². The number of benzene rings is 1. The van der Waals surface area contributed by atoms with E-state index in [9.17, 15) is 0 Å². The first-order valence-electron chi connectivity index (χ1n) is 12.6. The van der Waals surface area contributed by atoms with E-state index in [1.807, 2.05) is 0 Å². The van der Waals surface area contributed by atoms with Gasteiger partial charge in [0.1, 0.15) is 0 Å². The van der Waals surface area contributed by atoms with Gasteiger partial charge < -0.3 is 10.6 Å². The Bertz CT molecular complexity index is 1170. The van der Waals surface area contributed by atoms with E-state index in [4.69, 9.17) is 0 Å². The molecular weight excluding hydrogens is 400 g/mol. The third-order valence-electron chi connectivity index (χ3n) is 8.00. The number of nitrogens with one attached hydrogen (secondary N) is 2. The SMILES string of the molecule is CC1=CC2=C(CC1)/C(=C/C1NC(C3C=CC=CC3)=C3C=C(C)CCC31)NC2c1ccccc1. The average Bonchev–Trinajstić information content (AvgIpc) is 3.38. The van der Waals surface area contributed by atoms with E-state index in [0.29, 0.717) is 17.9 Å². The highest BCUT2D eigenvalue weighted by Crippen LogP contribution is 2.44. The maximum atomic E-state index is 4.00. The van der Waals surface area contributed by atoms with Crippen LogP contribution in [0.4, 0.5) is 0 Å². The maximum absolute atomic E-state index is 4.00. The highest BCUT2D eigenvalue weighted by atomic mass is 15.0. The van der Waals surface area contributed by atoms with Crippen molar-refractivity contribution in [1.82, 2.24) is 10.6 Å². The molecule has 1 aromatic rings. The lowest BCUT2D eigenvalue weighted by molar-refractivity contribution is 0.489. The van der Waals surface area contributed by atoms with Crippen molar-refractivity contribution < 1.29 is 0 Å². The van der Waals surface area contributed by atoms with Crippen molar-refractivity contribution in [2.45, 2.75) is 58.0 Å². The van der Waals surface area contributed by atoms with Gasteiger partial charge in [-0.15, -0.1) is 0 Å². The molecule has 0 bridgehead atoms. The quantitative estimate of drug-likeness (QED) is 0.537. The van der Waals surface area contributed by atoms with Crippen LogP contribution in [0.15, 0.2) is 112 Å². The zero-order chi connectivity index (χ0) is 22.4. The van der Waals surface area contributed by atoms with Gasteiger partial charge in [0.25, 0.3) is 0 Å². The maximum Gasteiger partial charge on any atom is 0.0770 e. The molecule has 168 valence electrons. The van der Waals surface area contributed by atoms with Gasteiger partial charge in [0.15, 0.2) is 0 Å². The minimum Gasteiger partial charge on any atom is -0.381 e. The Labute approximate surface area is 198 Å². The number of hydrogen-bond acceptors (Lipinski definition) is 2. The van der Waals surface area contributed by atoms with Crippen LogP contribution < -0.4 is 10.6 Å². The summed E-state index contributed by atoms with van der Waals surface area (Å²) >= 11 is 0. The summed E-state index contributed by atoms with van der Waals surface area (Å²) in [6.07, 6.45) is 22.3. The number of rotatable bonds is 3. The number of fused-ring (bicyclic) bond motifs is 1. The van der Waals surface area contributed by atoms with Crippen molar-refractivity contribution in [3.63, 3.8) is 0 Å². The van der Waals surface area contributed by atoms with Crippen LogP contribution in [0.2, 0.25) is 0 Å². The van der Waals surface area contributed by atoms with Gasteiger partial charge >= 0.3 is 0 Å². The van der Waals surface area contributed by atoms with Crippen LogP contribution in [0.25, 0.3) is 0 Å². The van der Waals surface area contributed by atoms with E-state index >= 15 is 0 Å². The minimum atomic E-state index is 0.260. The molecule has 2 N–H and O–H groups in total. The summed E-state index contributed by atoms with van der Waals surface area (Å²) in [4.78, 5) is 0. The van der Waals surface area contributed by atoms with Crippen molar-refractivity contribution in [1.29, 1.82) is 0 Å². The van der Waals surface area contributed by atoms with E-state index < -0.39 is 0 Å². The predicted octanol–water partition coefficient (Wildman–Crippen LogP) is 6.97. The van der Waals surface area contributed by atoms with E-state index in [2.05, 4.69) is 97.3 Å². The van der Waals surface area contributed by atoms with E-state index in [1.54, 1.807) is 5.57 Å². The Morgan fingerprint density at radius 2 is 1.70 bits per heavy atom. The van der Waals surface area contributed by atoms with Crippen molar-refractivity contribution >= 4 is 0 Å². The zero-order valence-corrected chi connectivity index (χ0v) is 19.8. The fourth-order valence-electron chi connectivity index (χ4n) is 6.27. The lowest BCUT2D eigenvalue weighted by atomic mass is 9.81. The number of hydrogen-bond donors (Lipinski definition) is 2. The van der Waals surface area contributed by atoms with E-state index in [1.165, 1.54) is 52.1 Å². The summed E-state index contributed by atoms with van der Waals surface area (Å²) in [5.41, 5.74) is 11.7. The van der Waals surface area contributed by atoms with Gasteiger partial charge in [0.05, 0.1) is 12.1 Å². The summed E-state index contributed by atoms with van der Waals surface area (Å²) < 4.78 is 0. The van der Waals surface area contributed by atoms with Crippen LogP contribution in [-0.2, 0) is 0 Å². The first kappa shape index (κ1) is 20.6. The zero-order valence-electron chi connectivity index (χ0n) is 19.8. The molecule has 0 aromatic heterocycles. The van der Waals surface area contributed by atoms with Gasteiger partial charge in [-0.2, -0.15) is 0 Å². The molecule has 5 aliphatic rings. The standard InChI is InChI=1S/C31H34N2/c1-20-13-15-24-26(17-20)30(22-9-5-3-6-10-22)32-28(24)19-29-25-16-14-21(2)18-27(25)31(33-29)23-11-7-4-8-12-23/h3-11,17-19,23,25,29-30,32-33H,12-16H2,1-2H3/b28-19-. The predicted molar refractivity (Wildman–Crippen MR) is 137 cm³/mol. The molecule has 3 aliphatic carbocycles. The molecule has 4 unspecified atom stereocenters. The molecule has 0 radical (unpaired) electrons. The molecule has 0 fully saturated rings. The second kappa shape index (κ2) is 8.41. The third kappa shape index (κ3) is 3.76. The molecule has 1 aromatic carbocycles. The summed E-state index contributed by atoms with van der Waals surface area (Å²) in [5.74, 6) is 1.04. The van der Waals surface area contributed by atoms with Crippen LogP contribution >= 0.6 is 0 Å². The van der Waals surface area contributed by atoms with Gasteiger partial charge in [0.2, 0.25) is 0 Å². The van der Waals surface area contributed by atoms with Crippen molar-refractivity contribution in [3.05, 3.63) is 118 Å². The Morgan fingerprint density at radius 1 is 0.879 bits per heavy atom. The Kier molecular flexibility index (Phi) is 5.25. The molecule has 6 rings (SSSR count). The normalized spacial score (nSPS) is 31.8. The molecule has 4 atom stereocenters. The summed E-state index contributed by atoms with van der Waals surface area (Å²) in [7, 11) is 0. The summed E-state index contributed by atoms with van der Waals surface area (Å²) in [5, 5.41) is 7.94. The third-order valence-corrected chi connectivity index (χ3v) is 8.00. The topological polar surface area (TPSA) is 24.1 Å². The van der Waals surface area contributed by atoms with Gasteiger partial charge in [-0.1, -0.05) is 77.9 Å². The molecule has 2 aliphatic heterocycles. The van der Waals surface area contributed by atoms with E-state index in [0.717, 1.165) is 19.3 Å². The van der Waals surface area contributed by atoms with Crippen molar-refractivity contribution in [3.8, 4) is 0 Å². The van der Waals surface area contributed by atoms with Gasteiger partial charge in [-0.25, -0.2) is 0 Å². The summed E-state index contributed by atoms with van der Waals surface area (Å²) in [6.45, 7) is 4.57. The lowest BCUT2D eigenvalue weighted by Gasteiger charge is -2.24. The first-order valence-corrected chi connectivity index (χ1v) is 12.6. The monoisotopic (exact) mass is 434 g/mol. The van der Waals surface area contributed by atoms with Crippen LogP contribution in [0.5, 0.6) is 0 Å². The molecular formula is C31H34N2. The van der Waals surface area contributed by atoms with Gasteiger partial charge in [-0.3, -0.25) is 0 Å². The Morgan fingerprint density at radius 3 is 2.52 bits per heavy atom. The Hall–Kier alpha value is -3.00.